The summed E-state index contributed by atoms with van der Waals surface area (Å²) in [6.45, 7) is 9.10. The van der Waals surface area contributed by atoms with E-state index in [0.717, 1.165) is 55.9 Å². The zero-order valence-electron chi connectivity index (χ0n) is 32.5. The largest absolute Gasteiger partial charge is 0.616 e. The third-order valence-corrected chi connectivity index (χ3v) is 12.4. The molecule has 0 aromatic heterocycles. The summed E-state index contributed by atoms with van der Waals surface area (Å²) in [7, 11) is -2.73. The van der Waals surface area contributed by atoms with E-state index in [9.17, 15) is 29.8 Å². The van der Waals surface area contributed by atoms with E-state index in [1.54, 1.807) is 6.26 Å². The summed E-state index contributed by atoms with van der Waals surface area (Å²) in [6.07, 6.45) is 6.83. The lowest BCUT2D eigenvalue weighted by Gasteiger charge is -2.44. The number of hydrogen-bond donors (Lipinski definition) is 8. The number of ether oxygens (including phenoxy) is 3. The molecule has 0 radical (unpaired) electrons. The SMILES string of the molecule is CCCCCCCC[S+]([O-])C(C)Cc1ccc2c(c1)OCO2.CCC[C@@H]1C[C@@H](C(=O)N[C@@H]([C@H]2O[C@H](SC)[C@H](O)[C@@H](O)[C@H]2O)[C@@H](C)O)N(C)C1.O=P(O)(O)O. The highest BCUT2D eigenvalue weighted by molar-refractivity contribution is 7.99. The molecular formula is C36H65N2O13PS2. The maximum atomic E-state index is 12.8. The minimum Gasteiger partial charge on any atom is -0.616 e. The van der Waals surface area contributed by atoms with Crippen molar-refractivity contribution >= 4 is 36.7 Å². The van der Waals surface area contributed by atoms with Crippen molar-refractivity contribution in [2.45, 2.75) is 145 Å². The smallest absolute Gasteiger partial charge is 0.466 e. The number of carbonyl (C=O) groups is 1. The predicted molar refractivity (Wildman–Crippen MR) is 210 cm³/mol. The average molecular weight is 829 g/mol. The second-order valence-corrected chi connectivity index (χ2v) is 18.3. The monoisotopic (exact) mass is 828 g/mol. The van der Waals surface area contributed by atoms with Crippen LogP contribution in [0, 0.1) is 5.92 Å². The number of phosphoric acid groups is 1. The fourth-order valence-corrected chi connectivity index (χ4v) is 8.80. The number of likely N-dealkylation sites (N-methyl/N-ethyl adjacent to an activating group) is 1. The van der Waals surface area contributed by atoms with Crippen molar-refractivity contribution in [1.82, 2.24) is 10.2 Å². The van der Waals surface area contributed by atoms with Crippen molar-refractivity contribution in [3.8, 4) is 11.5 Å². The number of thioether (sulfide) groups is 1. The highest BCUT2D eigenvalue weighted by Crippen LogP contribution is 2.34. The summed E-state index contributed by atoms with van der Waals surface area (Å²) < 4.78 is 37.6. The number of aliphatic hydroxyl groups is 4. The van der Waals surface area contributed by atoms with Crippen molar-refractivity contribution in [1.29, 1.82) is 0 Å². The van der Waals surface area contributed by atoms with Gasteiger partial charge in [-0.25, -0.2) is 4.57 Å². The Balaban J connectivity index is 0.000000337. The Hall–Kier alpha value is -1.18. The van der Waals surface area contributed by atoms with E-state index in [0.29, 0.717) is 12.7 Å². The second-order valence-electron chi connectivity index (χ2n) is 14.4. The van der Waals surface area contributed by atoms with Gasteiger partial charge in [-0.15, -0.1) is 11.8 Å². The lowest BCUT2D eigenvalue weighted by atomic mass is 9.92. The third-order valence-electron chi connectivity index (χ3n) is 9.76. The van der Waals surface area contributed by atoms with Gasteiger partial charge in [0.05, 0.1) is 18.2 Å². The Morgan fingerprint density at radius 3 is 2.26 bits per heavy atom. The zero-order valence-corrected chi connectivity index (χ0v) is 35.0. The lowest BCUT2D eigenvalue weighted by molar-refractivity contribution is -0.211. The summed E-state index contributed by atoms with van der Waals surface area (Å²) in [4.78, 5) is 36.4. The maximum Gasteiger partial charge on any atom is 0.466 e. The molecule has 3 aliphatic heterocycles. The van der Waals surface area contributed by atoms with E-state index < -0.39 is 61.0 Å². The first-order valence-corrected chi connectivity index (χ1v) is 23.1. The molecule has 3 heterocycles. The van der Waals surface area contributed by atoms with Crippen LogP contribution in [0.1, 0.15) is 91.0 Å². The number of amides is 1. The number of likely N-dealkylation sites (tertiary alicyclic amines) is 1. The van der Waals surface area contributed by atoms with Gasteiger partial charge < -0.3 is 59.2 Å². The standard InChI is InChI=1S/C18H34N2O6S.C18H28O3S.H3O4P/c1-5-6-10-7-11(20(3)8-10)17(25)19-12(9(2)21)16-14(23)13(22)15(24)18(26-16)27-4;1-3-4-5-6-7-8-11-22(19)15(2)12-16-9-10-17-18(13-16)21-14-20-17;1-5(2,3)4/h9-16,18,21-24H,5-8H2,1-4H3,(H,19,25);9-10,13,15H,3-8,11-12,14H2,1-2H3;(H3,1,2,3,4)/t9-,10-,11+,12-,13+,14-,15-,16-,18-;;/m1../s1. The van der Waals surface area contributed by atoms with E-state index in [4.69, 9.17) is 33.5 Å². The Bertz CT molecular complexity index is 1270. The molecule has 314 valence electrons. The van der Waals surface area contributed by atoms with Gasteiger partial charge in [-0.05, 0) is 76.4 Å². The summed E-state index contributed by atoms with van der Waals surface area (Å²) in [6, 6.07) is 4.81. The van der Waals surface area contributed by atoms with Crippen molar-refractivity contribution < 1.29 is 63.2 Å². The maximum absolute atomic E-state index is 12.8. The molecule has 1 aromatic carbocycles. The van der Waals surface area contributed by atoms with Gasteiger partial charge >= 0.3 is 7.82 Å². The average Bonchev–Trinajstić information content (AvgIpc) is 3.73. The van der Waals surface area contributed by atoms with Crippen molar-refractivity contribution in [3.05, 3.63) is 23.8 Å². The quantitative estimate of drug-likeness (QED) is 0.0640. The molecule has 0 bridgehead atoms. The molecule has 1 amide bonds. The van der Waals surface area contributed by atoms with Gasteiger partial charge in [-0.2, -0.15) is 0 Å². The number of benzene rings is 1. The molecule has 11 atom stereocenters. The van der Waals surface area contributed by atoms with Crippen LogP contribution in [0.3, 0.4) is 0 Å². The fourth-order valence-electron chi connectivity index (χ4n) is 6.85. The van der Waals surface area contributed by atoms with E-state index in [1.165, 1.54) is 56.4 Å². The zero-order chi connectivity index (χ0) is 40.6. The van der Waals surface area contributed by atoms with Crippen LogP contribution >= 0.6 is 19.6 Å². The van der Waals surface area contributed by atoms with E-state index >= 15 is 0 Å². The Kier molecular flexibility index (Phi) is 22.3. The van der Waals surface area contributed by atoms with Crippen LogP contribution in [0.25, 0.3) is 0 Å². The van der Waals surface area contributed by atoms with Crippen LogP contribution in [0.2, 0.25) is 0 Å². The molecule has 0 spiro atoms. The first-order chi connectivity index (χ1) is 25.4. The minimum absolute atomic E-state index is 0.191. The van der Waals surface area contributed by atoms with Gasteiger partial charge in [0, 0.05) is 13.0 Å². The van der Waals surface area contributed by atoms with Gasteiger partial charge in [0.25, 0.3) is 0 Å². The van der Waals surface area contributed by atoms with Gasteiger partial charge in [-0.3, -0.25) is 9.69 Å². The van der Waals surface area contributed by atoms with Crippen molar-refractivity contribution in [2.75, 3.05) is 32.4 Å². The van der Waals surface area contributed by atoms with Gasteiger partial charge in [0.1, 0.15) is 40.9 Å². The highest BCUT2D eigenvalue weighted by Gasteiger charge is 2.48. The summed E-state index contributed by atoms with van der Waals surface area (Å²) in [5.74, 6) is 2.70. The molecule has 3 aliphatic rings. The van der Waals surface area contributed by atoms with Crippen LogP contribution < -0.4 is 14.8 Å². The molecule has 4 rings (SSSR count). The molecular weight excluding hydrogens is 764 g/mol. The molecule has 1 aromatic rings. The number of carbonyl (C=O) groups excluding carboxylic acids is 1. The molecule has 2 unspecified atom stereocenters. The minimum atomic E-state index is -4.64. The number of nitrogens with one attached hydrogen (secondary N) is 1. The van der Waals surface area contributed by atoms with E-state index in [-0.39, 0.29) is 17.2 Å². The number of hydrogen-bond acceptors (Lipinski definition) is 12. The second kappa shape index (κ2) is 24.6. The molecule has 54 heavy (non-hydrogen) atoms. The predicted octanol–water partition coefficient (Wildman–Crippen LogP) is 2.67. The lowest BCUT2D eigenvalue weighted by Crippen LogP contribution is -2.65. The number of nitrogens with zero attached hydrogens (tertiary/aromatic N) is 1. The van der Waals surface area contributed by atoms with Gasteiger partial charge in [-0.1, -0.05) is 63.2 Å². The fraction of sp³-hybridized carbons (Fsp3) is 0.806. The number of unbranched alkanes of at least 4 members (excludes halogenated alkanes) is 5. The number of aliphatic hydroxyl groups excluding tert-OH is 4. The van der Waals surface area contributed by atoms with Crippen LogP contribution in [-0.4, -0.2) is 136 Å². The molecule has 8 N–H and O–H groups in total. The number of rotatable bonds is 17. The topological polar surface area (TPSA) is 242 Å². The molecule has 18 heteroatoms. The molecule has 15 nitrogen and oxygen atoms in total. The third kappa shape index (κ3) is 16.7. The summed E-state index contributed by atoms with van der Waals surface area (Å²) in [5, 5.41) is 43.7. The van der Waals surface area contributed by atoms with Crippen molar-refractivity contribution in [2.24, 2.45) is 5.92 Å². The summed E-state index contributed by atoms with van der Waals surface area (Å²) in [5.41, 5.74) is 0.419. The summed E-state index contributed by atoms with van der Waals surface area (Å²) >= 11 is 0.454. The van der Waals surface area contributed by atoms with Gasteiger partial charge in [0.15, 0.2) is 11.5 Å². The molecule has 0 aliphatic carbocycles. The molecule has 2 fully saturated rings. The van der Waals surface area contributed by atoms with Gasteiger partial charge in [0.2, 0.25) is 12.7 Å². The van der Waals surface area contributed by atoms with Crippen molar-refractivity contribution in [3.63, 3.8) is 0 Å². The van der Waals surface area contributed by atoms with E-state index in [2.05, 4.69) is 26.1 Å². The van der Waals surface area contributed by atoms with Crippen LogP contribution in [0.4, 0.5) is 0 Å². The molecule has 2 saturated heterocycles. The van der Waals surface area contributed by atoms with Crippen LogP contribution in [0.15, 0.2) is 18.2 Å². The Morgan fingerprint density at radius 2 is 1.65 bits per heavy atom. The first-order valence-electron chi connectivity index (χ1n) is 18.9. The Morgan fingerprint density at radius 1 is 1.02 bits per heavy atom. The van der Waals surface area contributed by atoms with Crippen LogP contribution in [-0.2, 0) is 31.7 Å². The highest BCUT2D eigenvalue weighted by atomic mass is 32.2. The van der Waals surface area contributed by atoms with Crippen LogP contribution in [0.5, 0.6) is 11.5 Å². The normalized spacial score (nSPS) is 27.5. The Labute approximate surface area is 328 Å². The number of fused-ring (bicyclic) bond motifs is 1. The van der Waals surface area contributed by atoms with E-state index in [1.807, 2.05) is 30.1 Å². The molecule has 0 saturated carbocycles. The first kappa shape index (κ1) is 49.0.